The largest absolute Gasteiger partial charge is 0.326 e. The van der Waals surface area contributed by atoms with E-state index < -0.39 is 10.0 Å². The van der Waals surface area contributed by atoms with Crippen molar-refractivity contribution in [2.45, 2.75) is 43.2 Å². The van der Waals surface area contributed by atoms with Crippen molar-refractivity contribution in [2.75, 3.05) is 0 Å². The zero-order valence-electron chi connectivity index (χ0n) is 9.19. The monoisotopic (exact) mass is 260 g/mol. The van der Waals surface area contributed by atoms with Gasteiger partial charge in [-0.2, -0.15) is 0 Å². The Bertz CT molecular complexity index is 475. The highest BCUT2D eigenvalue weighted by molar-refractivity contribution is 7.89. The summed E-state index contributed by atoms with van der Waals surface area (Å²) in [5.74, 6) is 0. The lowest BCUT2D eigenvalue weighted by Crippen LogP contribution is -2.50. The van der Waals surface area contributed by atoms with Crippen LogP contribution in [0.3, 0.4) is 0 Å². The summed E-state index contributed by atoms with van der Waals surface area (Å²) in [4.78, 5) is 1.06. The van der Waals surface area contributed by atoms with Crippen LogP contribution in [0.1, 0.15) is 31.1 Å². The van der Waals surface area contributed by atoms with Crippen molar-refractivity contribution in [1.82, 2.24) is 4.72 Å². The van der Waals surface area contributed by atoms with Gasteiger partial charge in [0.15, 0.2) is 0 Å². The molecule has 0 saturated heterocycles. The van der Waals surface area contributed by atoms with E-state index in [-0.39, 0.29) is 12.1 Å². The predicted molar refractivity (Wildman–Crippen MR) is 64.8 cm³/mol. The molecule has 1 aromatic heterocycles. The predicted octanol–water partition coefficient (Wildman–Crippen LogP) is 1.43. The van der Waals surface area contributed by atoms with E-state index >= 15 is 0 Å². The smallest absolute Gasteiger partial charge is 0.242 e. The van der Waals surface area contributed by atoms with Crippen molar-refractivity contribution < 1.29 is 8.42 Å². The quantitative estimate of drug-likeness (QED) is 0.860. The molecule has 1 aromatic rings. The molecular formula is C10H16N2O2S2. The van der Waals surface area contributed by atoms with Gasteiger partial charge in [-0.3, -0.25) is 0 Å². The highest BCUT2D eigenvalue weighted by Gasteiger charge is 2.36. The van der Waals surface area contributed by atoms with Gasteiger partial charge >= 0.3 is 0 Å². The summed E-state index contributed by atoms with van der Waals surface area (Å²) >= 11 is 1.38. The topological polar surface area (TPSA) is 72.2 Å². The Morgan fingerprint density at radius 3 is 2.75 bits per heavy atom. The maximum Gasteiger partial charge on any atom is 0.242 e. The van der Waals surface area contributed by atoms with Gasteiger partial charge < -0.3 is 5.73 Å². The van der Waals surface area contributed by atoms with Gasteiger partial charge in [0, 0.05) is 17.0 Å². The molecule has 1 aliphatic rings. The molecule has 1 saturated carbocycles. The minimum Gasteiger partial charge on any atom is -0.326 e. The molecule has 0 aliphatic heterocycles. The van der Waals surface area contributed by atoms with Crippen LogP contribution >= 0.6 is 11.3 Å². The Kier molecular flexibility index (Phi) is 3.09. The van der Waals surface area contributed by atoms with Crippen molar-refractivity contribution in [3.63, 3.8) is 0 Å². The number of hydrogen-bond donors (Lipinski definition) is 2. The van der Waals surface area contributed by atoms with Crippen LogP contribution in [-0.2, 0) is 16.6 Å². The van der Waals surface area contributed by atoms with E-state index in [1.807, 2.05) is 6.92 Å². The van der Waals surface area contributed by atoms with Crippen molar-refractivity contribution in [2.24, 2.45) is 5.73 Å². The van der Waals surface area contributed by atoms with Gasteiger partial charge in [-0.25, -0.2) is 13.1 Å². The number of nitrogens with two attached hydrogens (primary N) is 1. The van der Waals surface area contributed by atoms with Crippen LogP contribution in [0.5, 0.6) is 0 Å². The molecule has 90 valence electrons. The molecule has 1 aliphatic carbocycles. The van der Waals surface area contributed by atoms with E-state index in [0.717, 1.165) is 24.1 Å². The summed E-state index contributed by atoms with van der Waals surface area (Å²) in [5.41, 5.74) is 5.26. The lowest BCUT2D eigenvalue weighted by Gasteiger charge is -2.38. The average Bonchev–Trinajstić information content (AvgIpc) is 2.63. The SMILES string of the molecule is CC1(NS(=O)(=O)c2ccsc2CN)CCC1. The number of rotatable bonds is 4. The van der Waals surface area contributed by atoms with E-state index in [4.69, 9.17) is 5.73 Å². The normalized spacial score (nSPS) is 19.4. The lowest BCUT2D eigenvalue weighted by atomic mass is 9.80. The molecule has 6 heteroatoms. The molecule has 0 amide bonds. The summed E-state index contributed by atoms with van der Waals surface area (Å²) in [7, 11) is -3.40. The molecule has 0 atom stereocenters. The molecular weight excluding hydrogens is 244 g/mol. The fraction of sp³-hybridized carbons (Fsp3) is 0.600. The lowest BCUT2D eigenvalue weighted by molar-refractivity contribution is 0.248. The summed E-state index contributed by atoms with van der Waals surface area (Å²) in [6.45, 7) is 2.22. The highest BCUT2D eigenvalue weighted by atomic mass is 32.2. The Morgan fingerprint density at radius 1 is 1.56 bits per heavy atom. The van der Waals surface area contributed by atoms with Gasteiger partial charge in [0.25, 0.3) is 0 Å². The second kappa shape index (κ2) is 4.10. The summed E-state index contributed by atoms with van der Waals surface area (Å²) in [6, 6.07) is 1.62. The van der Waals surface area contributed by atoms with E-state index in [2.05, 4.69) is 4.72 Å². The number of thiophene rings is 1. The van der Waals surface area contributed by atoms with Gasteiger partial charge in [-0.1, -0.05) is 0 Å². The average molecular weight is 260 g/mol. The number of hydrogen-bond acceptors (Lipinski definition) is 4. The van der Waals surface area contributed by atoms with Gasteiger partial charge in [-0.15, -0.1) is 11.3 Å². The van der Waals surface area contributed by atoms with E-state index in [9.17, 15) is 8.42 Å². The number of nitrogens with one attached hydrogen (secondary N) is 1. The summed E-state index contributed by atoms with van der Waals surface area (Å²) in [5, 5.41) is 1.76. The molecule has 0 aromatic carbocycles. The first-order chi connectivity index (χ1) is 7.47. The molecule has 0 unspecified atom stereocenters. The van der Waals surface area contributed by atoms with Gasteiger partial charge in [-0.05, 0) is 37.6 Å². The van der Waals surface area contributed by atoms with E-state index in [1.165, 1.54) is 11.3 Å². The van der Waals surface area contributed by atoms with Crippen molar-refractivity contribution in [1.29, 1.82) is 0 Å². The van der Waals surface area contributed by atoms with Crippen LogP contribution in [0.25, 0.3) is 0 Å². The maximum absolute atomic E-state index is 12.1. The van der Waals surface area contributed by atoms with Gasteiger partial charge in [0.1, 0.15) is 0 Å². The summed E-state index contributed by atoms with van der Waals surface area (Å²) < 4.78 is 27.0. The molecule has 3 N–H and O–H groups in total. The molecule has 1 fully saturated rings. The van der Waals surface area contributed by atoms with Crippen LogP contribution in [0.4, 0.5) is 0 Å². The highest BCUT2D eigenvalue weighted by Crippen LogP contribution is 2.33. The first-order valence-electron chi connectivity index (χ1n) is 5.27. The Morgan fingerprint density at radius 2 is 2.25 bits per heavy atom. The van der Waals surface area contributed by atoms with Crippen molar-refractivity contribution >= 4 is 21.4 Å². The molecule has 0 radical (unpaired) electrons. The molecule has 2 rings (SSSR count). The molecule has 0 spiro atoms. The third-order valence-corrected chi connectivity index (χ3v) is 5.81. The second-order valence-electron chi connectivity index (χ2n) is 4.43. The fourth-order valence-electron chi connectivity index (χ4n) is 1.91. The minimum atomic E-state index is -3.40. The van der Waals surface area contributed by atoms with Crippen LogP contribution in [0.15, 0.2) is 16.3 Å². The number of sulfonamides is 1. The third-order valence-electron chi connectivity index (χ3n) is 3.02. The molecule has 4 nitrogen and oxygen atoms in total. The van der Waals surface area contributed by atoms with Crippen LogP contribution in [0, 0.1) is 0 Å². The van der Waals surface area contributed by atoms with Crippen LogP contribution in [-0.4, -0.2) is 14.0 Å². The first-order valence-corrected chi connectivity index (χ1v) is 7.64. The van der Waals surface area contributed by atoms with Crippen molar-refractivity contribution in [3.05, 3.63) is 16.3 Å². The second-order valence-corrected chi connectivity index (χ2v) is 7.08. The Hall–Kier alpha value is -0.430. The summed E-state index contributed by atoms with van der Waals surface area (Å²) in [6.07, 6.45) is 2.91. The van der Waals surface area contributed by atoms with Crippen LogP contribution < -0.4 is 10.5 Å². The maximum atomic E-state index is 12.1. The van der Waals surface area contributed by atoms with Gasteiger partial charge in [0.05, 0.1) is 4.90 Å². The van der Waals surface area contributed by atoms with E-state index in [0.29, 0.717) is 4.90 Å². The Balaban J connectivity index is 2.25. The molecule has 1 heterocycles. The van der Waals surface area contributed by atoms with E-state index in [1.54, 1.807) is 11.4 Å². The Labute approximate surface area is 99.9 Å². The van der Waals surface area contributed by atoms with Gasteiger partial charge in [0.2, 0.25) is 10.0 Å². The third kappa shape index (κ3) is 2.15. The van der Waals surface area contributed by atoms with Crippen molar-refractivity contribution in [3.8, 4) is 0 Å². The fourth-order valence-corrected chi connectivity index (χ4v) is 4.71. The molecule has 16 heavy (non-hydrogen) atoms. The van der Waals surface area contributed by atoms with Crippen LogP contribution in [0.2, 0.25) is 0 Å². The standard InChI is InChI=1S/C10H16N2O2S2/c1-10(4-2-5-10)12-16(13,14)9-3-6-15-8(9)7-11/h3,6,12H,2,4-5,7,11H2,1H3. The zero-order valence-corrected chi connectivity index (χ0v) is 10.8. The minimum absolute atomic E-state index is 0.257. The zero-order chi connectivity index (χ0) is 11.8. The molecule has 0 bridgehead atoms. The first kappa shape index (κ1) is 12.0.